The summed E-state index contributed by atoms with van der Waals surface area (Å²) in [5.74, 6) is -1.45. The van der Waals surface area contributed by atoms with Crippen molar-refractivity contribution >= 4 is 23.3 Å². The van der Waals surface area contributed by atoms with Crippen LogP contribution in [0, 0.1) is 10.1 Å². The molecule has 0 saturated carbocycles. The van der Waals surface area contributed by atoms with Gasteiger partial charge in [0, 0.05) is 30.3 Å². The third-order valence-electron chi connectivity index (χ3n) is 2.94. The number of carbonyl (C=O) groups excluding carboxylic acids is 1. The van der Waals surface area contributed by atoms with Gasteiger partial charge in [-0.05, 0) is 23.8 Å². The fourth-order valence-electron chi connectivity index (χ4n) is 2.04. The number of carbonyl (C=O) groups is 2. The number of benzene rings is 2. The monoisotopic (exact) mass is 300 g/mol. The zero-order valence-electron chi connectivity index (χ0n) is 11.6. The van der Waals surface area contributed by atoms with Crippen LogP contribution >= 0.6 is 0 Å². The maximum atomic E-state index is 11.3. The van der Waals surface area contributed by atoms with Gasteiger partial charge in [0.25, 0.3) is 5.69 Å². The number of nitrogens with zero attached hydrogens (tertiary/aromatic N) is 1. The molecule has 0 aliphatic rings. The SMILES string of the molecule is CC(=O)Nc1cccc(-c2cc([N+](=O)[O-])ccc2C(=O)O)c1. The predicted molar refractivity (Wildman–Crippen MR) is 79.8 cm³/mol. The molecule has 1 amide bonds. The maximum absolute atomic E-state index is 11.3. The average molecular weight is 300 g/mol. The Morgan fingerprint density at radius 3 is 2.50 bits per heavy atom. The highest BCUT2D eigenvalue weighted by molar-refractivity contribution is 5.97. The molecule has 2 rings (SSSR count). The first-order chi connectivity index (χ1) is 10.4. The van der Waals surface area contributed by atoms with E-state index in [0.29, 0.717) is 11.3 Å². The Morgan fingerprint density at radius 2 is 1.91 bits per heavy atom. The molecule has 0 fully saturated rings. The number of hydrogen-bond acceptors (Lipinski definition) is 4. The Bertz CT molecular complexity index is 770. The number of rotatable bonds is 4. The molecule has 2 aromatic rings. The molecule has 0 aliphatic carbocycles. The van der Waals surface area contributed by atoms with Crippen LogP contribution in [-0.4, -0.2) is 21.9 Å². The molecule has 2 aromatic carbocycles. The number of anilines is 1. The van der Waals surface area contributed by atoms with Gasteiger partial charge in [0.05, 0.1) is 10.5 Å². The number of nitro benzene ring substituents is 1. The molecule has 0 unspecified atom stereocenters. The van der Waals surface area contributed by atoms with Crippen molar-refractivity contribution in [1.82, 2.24) is 0 Å². The lowest BCUT2D eigenvalue weighted by atomic mass is 9.98. The Balaban J connectivity index is 2.59. The fourth-order valence-corrected chi connectivity index (χ4v) is 2.04. The molecule has 0 heterocycles. The van der Waals surface area contributed by atoms with E-state index >= 15 is 0 Å². The molecule has 0 saturated heterocycles. The van der Waals surface area contributed by atoms with Gasteiger partial charge in [0.15, 0.2) is 0 Å². The van der Waals surface area contributed by atoms with Crippen LogP contribution in [0.2, 0.25) is 0 Å². The molecule has 0 aliphatic heterocycles. The molecule has 0 atom stereocenters. The predicted octanol–water partition coefficient (Wildman–Crippen LogP) is 2.92. The highest BCUT2D eigenvalue weighted by Gasteiger charge is 2.17. The molecule has 0 spiro atoms. The normalized spacial score (nSPS) is 10.0. The second-order valence-corrected chi connectivity index (χ2v) is 4.55. The highest BCUT2D eigenvalue weighted by Crippen LogP contribution is 2.29. The standard InChI is InChI=1S/C15H12N2O5/c1-9(18)16-11-4-2-3-10(7-11)14-8-12(17(21)22)5-6-13(14)15(19)20/h2-8H,1H3,(H,16,18)(H,19,20). The van der Waals surface area contributed by atoms with Crippen molar-refractivity contribution in [2.24, 2.45) is 0 Å². The summed E-state index contributed by atoms with van der Waals surface area (Å²) < 4.78 is 0. The van der Waals surface area contributed by atoms with E-state index in [2.05, 4.69) is 5.32 Å². The van der Waals surface area contributed by atoms with Crippen molar-refractivity contribution < 1.29 is 19.6 Å². The Hall–Kier alpha value is -3.22. The Labute approximate surface area is 125 Å². The first-order valence-corrected chi connectivity index (χ1v) is 6.28. The molecule has 7 heteroatoms. The van der Waals surface area contributed by atoms with Crippen molar-refractivity contribution in [2.45, 2.75) is 6.92 Å². The van der Waals surface area contributed by atoms with Gasteiger partial charge in [0.2, 0.25) is 5.91 Å². The zero-order valence-corrected chi connectivity index (χ0v) is 11.6. The van der Waals surface area contributed by atoms with Gasteiger partial charge < -0.3 is 10.4 Å². The number of nitro groups is 1. The topological polar surface area (TPSA) is 110 Å². The number of nitrogens with one attached hydrogen (secondary N) is 1. The van der Waals surface area contributed by atoms with Gasteiger partial charge in [-0.3, -0.25) is 14.9 Å². The van der Waals surface area contributed by atoms with E-state index in [1.807, 2.05) is 0 Å². The van der Waals surface area contributed by atoms with Crippen molar-refractivity contribution in [2.75, 3.05) is 5.32 Å². The van der Waals surface area contributed by atoms with Gasteiger partial charge in [-0.2, -0.15) is 0 Å². The van der Waals surface area contributed by atoms with Gasteiger partial charge in [-0.15, -0.1) is 0 Å². The minimum Gasteiger partial charge on any atom is -0.478 e. The summed E-state index contributed by atoms with van der Waals surface area (Å²) in [6, 6.07) is 10.00. The second kappa shape index (κ2) is 6.04. The quantitative estimate of drug-likeness (QED) is 0.666. The van der Waals surface area contributed by atoms with Crippen molar-refractivity contribution in [3.63, 3.8) is 0 Å². The van der Waals surface area contributed by atoms with E-state index in [0.717, 1.165) is 6.07 Å². The highest BCUT2D eigenvalue weighted by atomic mass is 16.6. The number of non-ortho nitro benzene ring substituents is 1. The Morgan fingerprint density at radius 1 is 1.18 bits per heavy atom. The summed E-state index contributed by atoms with van der Waals surface area (Å²) in [6.07, 6.45) is 0. The summed E-state index contributed by atoms with van der Waals surface area (Å²) in [5, 5.41) is 22.7. The summed E-state index contributed by atoms with van der Waals surface area (Å²) in [4.78, 5) is 32.7. The van der Waals surface area contributed by atoms with Crippen LogP contribution < -0.4 is 5.32 Å². The van der Waals surface area contributed by atoms with Crippen LogP contribution in [0.3, 0.4) is 0 Å². The third kappa shape index (κ3) is 3.26. The van der Waals surface area contributed by atoms with Crippen LogP contribution in [0.15, 0.2) is 42.5 Å². The number of amides is 1. The fraction of sp³-hybridized carbons (Fsp3) is 0.0667. The third-order valence-corrected chi connectivity index (χ3v) is 2.94. The van der Waals surface area contributed by atoms with Crippen molar-refractivity contribution in [3.8, 4) is 11.1 Å². The van der Waals surface area contributed by atoms with Crippen molar-refractivity contribution in [1.29, 1.82) is 0 Å². The lowest BCUT2D eigenvalue weighted by Gasteiger charge is -2.09. The van der Waals surface area contributed by atoms with Crippen LogP contribution in [0.4, 0.5) is 11.4 Å². The number of carboxylic acids is 1. The van der Waals surface area contributed by atoms with E-state index in [1.165, 1.54) is 19.1 Å². The summed E-state index contributed by atoms with van der Waals surface area (Å²) in [5.41, 5.74) is 0.907. The van der Waals surface area contributed by atoms with E-state index in [9.17, 15) is 24.8 Å². The summed E-state index contributed by atoms with van der Waals surface area (Å²) in [7, 11) is 0. The van der Waals surface area contributed by atoms with Gasteiger partial charge in [-0.25, -0.2) is 4.79 Å². The number of hydrogen-bond donors (Lipinski definition) is 2. The minimum atomic E-state index is -1.19. The molecular formula is C15H12N2O5. The molecule has 0 radical (unpaired) electrons. The van der Waals surface area contributed by atoms with E-state index in [-0.39, 0.29) is 22.7 Å². The smallest absolute Gasteiger partial charge is 0.336 e. The van der Waals surface area contributed by atoms with Crippen LogP contribution in [-0.2, 0) is 4.79 Å². The second-order valence-electron chi connectivity index (χ2n) is 4.55. The van der Waals surface area contributed by atoms with Gasteiger partial charge in [0.1, 0.15) is 0 Å². The van der Waals surface area contributed by atoms with E-state index in [4.69, 9.17) is 0 Å². The molecule has 0 aromatic heterocycles. The minimum absolute atomic E-state index is 0.0504. The summed E-state index contributed by atoms with van der Waals surface area (Å²) in [6.45, 7) is 1.35. The van der Waals surface area contributed by atoms with E-state index in [1.54, 1.807) is 24.3 Å². The molecular weight excluding hydrogens is 288 g/mol. The first-order valence-electron chi connectivity index (χ1n) is 6.28. The van der Waals surface area contributed by atoms with E-state index < -0.39 is 10.9 Å². The van der Waals surface area contributed by atoms with Crippen LogP contribution in [0.25, 0.3) is 11.1 Å². The summed E-state index contributed by atoms with van der Waals surface area (Å²) >= 11 is 0. The van der Waals surface area contributed by atoms with Crippen molar-refractivity contribution in [3.05, 3.63) is 58.1 Å². The van der Waals surface area contributed by atoms with Gasteiger partial charge in [-0.1, -0.05) is 12.1 Å². The molecule has 112 valence electrons. The Kier molecular flexibility index (Phi) is 4.17. The zero-order chi connectivity index (χ0) is 16.3. The maximum Gasteiger partial charge on any atom is 0.336 e. The molecule has 0 bridgehead atoms. The largest absolute Gasteiger partial charge is 0.478 e. The number of carboxylic acid groups (broad SMARTS) is 1. The van der Waals surface area contributed by atoms with Gasteiger partial charge >= 0.3 is 5.97 Å². The number of aromatic carboxylic acids is 1. The first kappa shape index (κ1) is 15.2. The molecule has 2 N–H and O–H groups in total. The molecule has 22 heavy (non-hydrogen) atoms. The lowest BCUT2D eigenvalue weighted by molar-refractivity contribution is -0.384. The van der Waals surface area contributed by atoms with Crippen LogP contribution in [0.5, 0.6) is 0 Å². The van der Waals surface area contributed by atoms with Crippen LogP contribution in [0.1, 0.15) is 17.3 Å². The average Bonchev–Trinajstić information content (AvgIpc) is 2.46. The lowest BCUT2D eigenvalue weighted by Crippen LogP contribution is -2.06. The molecule has 7 nitrogen and oxygen atoms in total.